The number of rotatable bonds is 3. The third-order valence-corrected chi connectivity index (χ3v) is 6.75. The summed E-state index contributed by atoms with van der Waals surface area (Å²) < 4.78 is 0. The van der Waals surface area contributed by atoms with E-state index in [0.29, 0.717) is 11.9 Å². The topological polar surface area (TPSA) is 41.1 Å². The van der Waals surface area contributed by atoms with E-state index in [1.165, 1.54) is 19.3 Å². The first kappa shape index (κ1) is 12.2. The monoisotopic (exact) mass is 262 g/mol. The van der Waals surface area contributed by atoms with Crippen molar-refractivity contribution in [1.82, 2.24) is 10.6 Å². The average Bonchev–Trinajstić information content (AvgIpc) is 2.85. The Hall–Kier alpha value is -0.570. The third-order valence-electron chi connectivity index (χ3n) is 6.75. The normalized spacial score (nSPS) is 45.8. The summed E-state index contributed by atoms with van der Waals surface area (Å²) in [5.41, 5.74) is -0.0683. The summed E-state index contributed by atoms with van der Waals surface area (Å²) >= 11 is 0. The van der Waals surface area contributed by atoms with Gasteiger partial charge in [0.2, 0.25) is 5.91 Å². The molecule has 0 aromatic heterocycles. The van der Waals surface area contributed by atoms with E-state index in [1.807, 2.05) is 0 Å². The van der Waals surface area contributed by atoms with Crippen molar-refractivity contribution in [3.05, 3.63) is 0 Å². The van der Waals surface area contributed by atoms with Crippen molar-refractivity contribution in [3.8, 4) is 0 Å². The molecule has 3 saturated carbocycles. The Balaban J connectivity index is 1.42. The number of carbonyl (C=O) groups excluding carboxylic acids is 1. The molecule has 0 aromatic carbocycles. The van der Waals surface area contributed by atoms with Crippen LogP contribution in [0.1, 0.15) is 45.4 Å². The first-order valence-corrected chi connectivity index (χ1v) is 8.27. The van der Waals surface area contributed by atoms with Crippen molar-refractivity contribution in [1.29, 1.82) is 0 Å². The number of carbonyl (C=O) groups is 1. The molecule has 2 N–H and O–H groups in total. The van der Waals surface area contributed by atoms with Gasteiger partial charge in [-0.2, -0.15) is 0 Å². The lowest BCUT2D eigenvalue weighted by atomic mass is 9.76. The molecule has 1 heterocycles. The van der Waals surface area contributed by atoms with E-state index in [2.05, 4.69) is 17.6 Å². The van der Waals surface area contributed by atoms with E-state index in [4.69, 9.17) is 0 Å². The van der Waals surface area contributed by atoms with Crippen LogP contribution in [0.5, 0.6) is 0 Å². The van der Waals surface area contributed by atoms with Crippen LogP contribution in [0.4, 0.5) is 0 Å². The molecule has 4 fully saturated rings. The van der Waals surface area contributed by atoms with Gasteiger partial charge in [-0.1, -0.05) is 6.92 Å². The van der Waals surface area contributed by atoms with Gasteiger partial charge in [0.1, 0.15) is 0 Å². The van der Waals surface area contributed by atoms with Crippen LogP contribution in [-0.4, -0.2) is 25.0 Å². The molecule has 0 radical (unpaired) electrons. The van der Waals surface area contributed by atoms with Crippen LogP contribution in [0.2, 0.25) is 0 Å². The fourth-order valence-corrected chi connectivity index (χ4v) is 5.47. The predicted octanol–water partition coefficient (Wildman–Crippen LogP) is 1.93. The highest BCUT2D eigenvalue weighted by Gasteiger charge is 2.65. The second-order valence-corrected chi connectivity index (χ2v) is 7.37. The molecule has 1 aliphatic heterocycles. The van der Waals surface area contributed by atoms with Crippen LogP contribution in [0, 0.1) is 29.1 Å². The molecule has 4 aliphatic rings. The predicted molar refractivity (Wildman–Crippen MR) is 74.6 cm³/mol. The SMILES string of the molecule is CCC1(C(=O)NC2C3C4CCC(C4)C23)CCNCC1. The molecule has 4 rings (SSSR count). The number of nitrogens with one attached hydrogen (secondary N) is 2. The van der Waals surface area contributed by atoms with E-state index in [-0.39, 0.29) is 5.41 Å². The van der Waals surface area contributed by atoms with Gasteiger partial charge >= 0.3 is 0 Å². The Labute approximate surface area is 115 Å². The van der Waals surface area contributed by atoms with Gasteiger partial charge in [0.25, 0.3) is 0 Å². The van der Waals surface area contributed by atoms with Gasteiger partial charge in [0.05, 0.1) is 5.41 Å². The Bertz CT molecular complexity index is 372. The summed E-state index contributed by atoms with van der Waals surface area (Å²) in [6.07, 6.45) is 7.36. The number of hydrogen-bond acceptors (Lipinski definition) is 2. The fraction of sp³-hybridized carbons (Fsp3) is 0.938. The van der Waals surface area contributed by atoms with Crippen molar-refractivity contribution in [2.45, 2.75) is 51.5 Å². The van der Waals surface area contributed by atoms with E-state index < -0.39 is 0 Å². The highest BCUT2D eigenvalue weighted by molar-refractivity contribution is 5.83. The van der Waals surface area contributed by atoms with E-state index in [0.717, 1.165) is 56.0 Å². The van der Waals surface area contributed by atoms with Crippen molar-refractivity contribution in [2.24, 2.45) is 29.1 Å². The summed E-state index contributed by atoms with van der Waals surface area (Å²) in [6.45, 7) is 4.19. The van der Waals surface area contributed by atoms with Crippen LogP contribution >= 0.6 is 0 Å². The molecular weight excluding hydrogens is 236 g/mol. The smallest absolute Gasteiger partial charge is 0.226 e. The minimum absolute atomic E-state index is 0.0683. The highest BCUT2D eigenvalue weighted by atomic mass is 16.2. The lowest BCUT2D eigenvalue weighted by Crippen LogP contribution is -2.48. The van der Waals surface area contributed by atoms with Gasteiger partial charge in [0, 0.05) is 6.04 Å². The van der Waals surface area contributed by atoms with E-state index >= 15 is 0 Å². The second kappa shape index (κ2) is 4.21. The lowest BCUT2D eigenvalue weighted by Gasteiger charge is -2.35. The molecule has 3 nitrogen and oxygen atoms in total. The standard InChI is InChI=1S/C16H26N2O/c1-2-16(5-7-17-8-6-16)15(19)18-14-12-10-3-4-11(9-10)13(12)14/h10-14,17H,2-9H2,1H3,(H,18,19). The summed E-state index contributed by atoms with van der Waals surface area (Å²) in [4.78, 5) is 12.7. The second-order valence-electron chi connectivity index (χ2n) is 7.37. The fourth-order valence-electron chi connectivity index (χ4n) is 5.47. The zero-order chi connectivity index (χ0) is 13.0. The molecule has 4 unspecified atom stereocenters. The van der Waals surface area contributed by atoms with Gasteiger partial charge in [-0.05, 0) is 75.3 Å². The average molecular weight is 262 g/mol. The van der Waals surface area contributed by atoms with Gasteiger partial charge < -0.3 is 10.6 Å². The Morgan fingerprint density at radius 1 is 1.21 bits per heavy atom. The van der Waals surface area contributed by atoms with Crippen LogP contribution < -0.4 is 10.6 Å². The molecule has 0 spiro atoms. The van der Waals surface area contributed by atoms with Crippen LogP contribution in [0.3, 0.4) is 0 Å². The summed E-state index contributed by atoms with van der Waals surface area (Å²) in [6, 6.07) is 0.553. The van der Waals surface area contributed by atoms with E-state index in [9.17, 15) is 4.79 Å². The number of amides is 1. The quantitative estimate of drug-likeness (QED) is 0.816. The maximum absolute atomic E-state index is 12.7. The zero-order valence-corrected chi connectivity index (χ0v) is 12.0. The van der Waals surface area contributed by atoms with Crippen molar-refractivity contribution in [2.75, 3.05) is 13.1 Å². The molecular formula is C16H26N2O. The summed E-state index contributed by atoms with van der Waals surface area (Å²) in [5, 5.41) is 6.83. The molecule has 2 bridgehead atoms. The molecule has 0 aromatic rings. The van der Waals surface area contributed by atoms with E-state index in [1.54, 1.807) is 0 Å². The van der Waals surface area contributed by atoms with Gasteiger partial charge in [-0.3, -0.25) is 4.79 Å². The maximum atomic E-state index is 12.7. The van der Waals surface area contributed by atoms with Gasteiger partial charge in [-0.25, -0.2) is 0 Å². The maximum Gasteiger partial charge on any atom is 0.226 e. The lowest BCUT2D eigenvalue weighted by molar-refractivity contribution is -0.133. The molecule has 4 atom stereocenters. The van der Waals surface area contributed by atoms with Gasteiger partial charge in [-0.15, -0.1) is 0 Å². The minimum Gasteiger partial charge on any atom is -0.352 e. The number of piperidine rings is 1. The molecule has 106 valence electrons. The van der Waals surface area contributed by atoms with Crippen LogP contribution in [0.25, 0.3) is 0 Å². The summed E-state index contributed by atoms with van der Waals surface area (Å²) in [7, 11) is 0. The van der Waals surface area contributed by atoms with Crippen molar-refractivity contribution in [3.63, 3.8) is 0 Å². The Kier molecular flexibility index (Phi) is 2.70. The molecule has 19 heavy (non-hydrogen) atoms. The summed E-state index contributed by atoms with van der Waals surface area (Å²) in [5.74, 6) is 3.99. The van der Waals surface area contributed by atoms with Crippen LogP contribution in [0.15, 0.2) is 0 Å². The van der Waals surface area contributed by atoms with Crippen molar-refractivity contribution >= 4 is 5.91 Å². The largest absolute Gasteiger partial charge is 0.352 e. The number of hydrogen-bond donors (Lipinski definition) is 2. The molecule has 1 saturated heterocycles. The third kappa shape index (κ3) is 1.70. The highest BCUT2D eigenvalue weighted by Crippen LogP contribution is 2.65. The zero-order valence-electron chi connectivity index (χ0n) is 12.0. The number of fused-ring (bicyclic) bond motifs is 5. The van der Waals surface area contributed by atoms with Crippen molar-refractivity contribution < 1.29 is 4.79 Å². The first-order chi connectivity index (χ1) is 9.25. The molecule has 1 amide bonds. The first-order valence-electron chi connectivity index (χ1n) is 8.27. The molecule has 3 heteroatoms. The Morgan fingerprint density at radius 2 is 1.84 bits per heavy atom. The molecule has 3 aliphatic carbocycles. The van der Waals surface area contributed by atoms with Gasteiger partial charge in [0.15, 0.2) is 0 Å². The Morgan fingerprint density at radius 3 is 2.42 bits per heavy atom. The minimum atomic E-state index is -0.0683. The van der Waals surface area contributed by atoms with Crippen LogP contribution in [-0.2, 0) is 4.79 Å².